The normalized spacial score (nSPS) is 29.3. The molecular formula is C17H26ClFN2O. The number of halogens is 2. The van der Waals surface area contributed by atoms with Gasteiger partial charge in [-0.05, 0) is 42.5 Å². The molecule has 3 rings (SSSR count). The molecule has 0 aromatic heterocycles. The van der Waals surface area contributed by atoms with Crippen molar-refractivity contribution >= 4 is 12.4 Å². The third kappa shape index (κ3) is 3.99. The van der Waals surface area contributed by atoms with Crippen LogP contribution in [0.4, 0.5) is 4.39 Å². The number of ether oxygens (including phenoxy) is 1. The predicted molar refractivity (Wildman–Crippen MR) is 89.1 cm³/mol. The van der Waals surface area contributed by atoms with Crippen molar-refractivity contribution < 1.29 is 9.13 Å². The van der Waals surface area contributed by atoms with Gasteiger partial charge in [0.15, 0.2) is 0 Å². The lowest BCUT2D eigenvalue weighted by molar-refractivity contribution is -0.0401. The Balaban J connectivity index is 0.00000176. The topological polar surface area (TPSA) is 24.5 Å². The van der Waals surface area contributed by atoms with Gasteiger partial charge in [-0.25, -0.2) is 4.39 Å². The fourth-order valence-corrected chi connectivity index (χ4v) is 3.46. The van der Waals surface area contributed by atoms with E-state index in [0.717, 1.165) is 44.9 Å². The van der Waals surface area contributed by atoms with Crippen LogP contribution in [0.15, 0.2) is 18.2 Å². The fourth-order valence-electron chi connectivity index (χ4n) is 3.46. The van der Waals surface area contributed by atoms with Gasteiger partial charge in [0.25, 0.3) is 0 Å². The summed E-state index contributed by atoms with van der Waals surface area (Å²) in [5, 5.41) is 3.46. The smallest absolute Gasteiger partial charge is 0.126 e. The van der Waals surface area contributed by atoms with Gasteiger partial charge in [-0.3, -0.25) is 4.90 Å². The van der Waals surface area contributed by atoms with Crippen LogP contribution >= 0.6 is 12.4 Å². The number of nitrogens with one attached hydrogen (secondary N) is 1. The van der Waals surface area contributed by atoms with Gasteiger partial charge in [-0.1, -0.05) is 19.1 Å². The van der Waals surface area contributed by atoms with Crippen LogP contribution in [0.3, 0.4) is 0 Å². The summed E-state index contributed by atoms with van der Waals surface area (Å²) in [6.07, 6.45) is 1.31. The zero-order chi connectivity index (χ0) is 14.9. The van der Waals surface area contributed by atoms with E-state index in [-0.39, 0.29) is 24.3 Å². The highest BCUT2D eigenvalue weighted by atomic mass is 35.5. The molecule has 1 aromatic rings. The second-order valence-electron chi connectivity index (χ2n) is 6.84. The van der Waals surface area contributed by atoms with Crippen molar-refractivity contribution in [3.63, 3.8) is 0 Å². The molecule has 1 N–H and O–H groups in total. The molecule has 2 saturated heterocycles. The van der Waals surface area contributed by atoms with Crippen LogP contribution in [0.2, 0.25) is 0 Å². The first kappa shape index (κ1) is 17.7. The zero-order valence-corrected chi connectivity index (χ0v) is 14.2. The monoisotopic (exact) mass is 328 g/mol. The number of nitrogens with zero attached hydrogens (tertiary/aromatic N) is 1. The lowest BCUT2D eigenvalue weighted by Crippen LogP contribution is -2.44. The Morgan fingerprint density at radius 3 is 2.95 bits per heavy atom. The van der Waals surface area contributed by atoms with Crippen LogP contribution in [0.1, 0.15) is 30.6 Å². The van der Waals surface area contributed by atoms with Crippen molar-refractivity contribution in [2.75, 3.05) is 39.3 Å². The predicted octanol–water partition coefficient (Wildman–Crippen LogP) is 2.93. The molecule has 0 amide bonds. The first-order valence-electron chi connectivity index (χ1n) is 7.86. The summed E-state index contributed by atoms with van der Waals surface area (Å²) in [5.41, 5.74) is 2.16. The molecule has 0 bridgehead atoms. The van der Waals surface area contributed by atoms with Gasteiger partial charge < -0.3 is 10.1 Å². The number of morpholine rings is 1. The number of benzene rings is 1. The van der Waals surface area contributed by atoms with Gasteiger partial charge >= 0.3 is 0 Å². The molecule has 5 heteroatoms. The van der Waals surface area contributed by atoms with Gasteiger partial charge in [0.1, 0.15) is 5.82 Å². The minimum Gasteiger partial charge on any atom is -0.371 e. The Hall–Kier alpha value is -0.680. The Kier molecular flexibility index (Phi) is 5.83. The molecule has 2 aliphatic heterocycles. The van der Waals surface area contributed by atoms with Crippen molar-refractivity contribution in [2.24, 2.45) is 5.41 Å². The Morgan fingerprint density at radius 2 is 2.27 bits per heavy atom. The maximum atomic E-state index is 13.4. The summed E-state index contributed by atoms with van der Waals surface area (Å²) in [5.74, 6) is -0.143. The minimum atomic E-state index is -0.143. The summed E-state index contributed by atoms with van der Waals surface area (Å²) < 4.78 is 19.3. The quantitative estimate of drug-likeness (QED) is 0.923. The lowest BCUT2D eigenvalue weighted by Gasteiger charge is -2.38. The maximum Gasteiger partial charge on any atom is 0.126 e. The van der Waals surface area contributed by atoms with E-state index in [4.69, 9.17) is 4.74 Å². The molecular weight excluding hydrogens is 303 g/mol. The summed E-state index contributed by atoms with van der Waals surface area (Å²) >= 11 is 0. The van der Waals surface area contributed by atoms with Gasteiger partial charge in [-0.2, -0.15) is 0 Å². The fraction of sp³-hybridized carbons (Fsp3) is 0.647. The number of hydrogen-bond acceptors (Lipinski definition) is 3. The first-order chi connectivity index (χ1) is 10.1. The number of aryl methyl sites for hydroxylation is 1. The number of hydrogen-bond donors (Lipinski definition) is 1. The van der Waals surface area contributed by atoms with Crippen LogP contribution in [0, 0.1) is 18.2 Å². The van der Waals surface area contributed by atoms with E-state index < -0.39 is 0 Å². The van der Waals surface area contributed by atoms with E-state index in [1.165, 1.54) is 6.42 Å². The Morgan fingerprint density at radius 1 is 1.45 bits per heavy atom. The van der Waals surface area contributed by atoms with Crippen molar-refractivity contribution in [3.8, 4) is 0 Å². The van der Waals surface area contributed by atoms with Crippen molar-refractivity contribution in [1.29, 1.82) is 0 Å². The van der Waals surface area contributed by atoms with Crippen LogP contribution in [0.5, 0.6) is 0 Å². The summed E-state index contributed by atoms with van der Waals surface area (Å²) in [6.45, 7) is 10.2. The second kappa shape index (κ2) is 7.26. The SMILES string of the molecule is Cc1cc(C2CN(CC3(C)CCNC3)CCO2)ccc1F.Cl. The van der Waals surface area contributed by atoms with E-state index in [1.807, 2.05) is 19.1 Å². The van der Waals surface area contributed by atoms with E-state index in [2.05, 4.69) is 17.1 Å². The van der Waals surface area contributed by atoms with Crippen LogP contribution in [0.25, 0.3) is 0 Å². The van der Waals surface area contributed by atoms with Gasteiger partial charge in [0.05, 0.1) is 12.7 Å². The molecule has 1 aromatic carbocycles. The van der Waals surface area contributed by atoms with Crippen molar-refractivity contribution in [3.05, 3.63) is 35.1 Å². The van der Waals surface area contributed by atoms with E-state index in [0.29, 0.717) is 11.0 Å². The Bertz CT molecular complexity index is 505. The molecule has 0 saturated carbocycles. The highest BCUT2D eigenvalue weighted by Crippen LogP contribution is 2.29. The van der Waals surface area contributed by atoms with E-state index >= 15 is 0 Å². The highest BCUT2D eigenvalue weighted by Gasteiger charge is 2.33. The van der Waals surface area contributed by atoms with Crippen LogP contribution in [-0.2, 0) is 4.74 Å². The molecule has 2 atom stereocenters. The van der Waals surface area contributed by atoms with E-state index in [9.17, 15) is 4.39 Å². The maximum absolute atomic E-state index is 13.4. The summed E-state index contributed by atoms with van der Waals surface area (Å²) in [6, 6.07) is 5.33. The standard InChI is InChI=1S/C17H25FN2O.ClH/c1-13-9-14(3-4-15(13)18)16-10-20(7-8-21-16)12-17(2)5-6-19-11-17;/h3-4,9,16,19H,5-8,10-12H2,1-2H3;1H. The molecule has 22 heavy (non-hydrogen) atoms. The number of rotatable bonds is 3. The first-order valence-corrected chi connectivity index (χ1v) is 7.86. The van der Waals surface area contributed by atoms with Crippen LogP contribution < -0.4 is 5.32 Å². The molecule has 2 heterocycles. The molecule has 0 radical (unpaired) electrons. The van der Waals surface area contributed by atoms with Gasteiger partial charge in [0, 0.05) is 26.2 Å². The van der Waals surface area contributed by atoms with Crippen LogP contribution in [-0.4, -0.2) is 44.2 Å². The molecule has 124 valence electrons. The average molecular weight is 329 g/mol. The largest absolute Gasteiger partial charge is 0.371 e. The van der Waals surface area contributed by atoms with Crippen molar-refractivity contribution in [1.82, 2.24) is 10.2 Å². The summed E-state index contributed by atoms with van der Waals surface area (Å²) in [7, 11) is 0. The molecule has 2 fully saturated rings. The third-order valence-electron chi connectivity index (χ3n) is 4.77. The highest BCUT2D eigenvalue weighted by molar-refractivity contribution is 5.85. The lowest BCUT2D eigenvalue weighted by atomic mass is 9.89. The van der Waals surface area contributed by atoms with Crippen molar-refractivity contribution in [2.45, 2.75) is 26.4 Å². The summed E-state index contributed by atoms with van der Waals surface area (Å²) in [4.78, 5) is 2.50. The second-order valence-corrected chi connectivity index (χ2v) is 6.84. The zero-order valence-electron chi connectivity index (χ0n) is 13.4. The third-order valence-corrected chi connectivity index (χ3v) is 4.77. The molecule has 3 nitrogen and oxygen atoms in total. The Labute approximate surface area is 138 Å². The molecule has 0 spiro atoms. The molecule has 0 aliphatic carbocycles. The van der Waals surface area contributed by atoms with Gasteiger partial charge in [-0.15, -0.1) is 12.4 Å². The molecule has 2 aliphatic rings. The van der Waals surface area contributed by atoms with Gasteiger partial charge in [0.2, 0.25) is 0 Å². The molecule has 2 unspecified atom stereocenters. The van der Waals surface area contributed by atoms with E-state index in [1.54, 1.807) is 6.07 Å². The average Bonchev–Trinajstić information content (AvgIpc) is 2.88. The minimum absolute atomic E-state index is 0.